The standard InChI is InChI=1S/C15H17FN2OS/c1-11-3-4-12(13(16)9-11)14(19)18-7-5-15(10-17,20-2)6-8-18/h3-4,9H,5-8H2,1-2H3. The normalized spacial score (nSPS) is 17.6. The minimum absolute atomic E-state index is 0.115. The Balaban J connectivity index is 2.11. The smallest absolute Gasteiger partial charge is 0.256 e. The quantitative estimate of drug-likeness (QED) is 0.841. The molecule has 0 unspecified atom stereocenters. The Bertz CT molecular complexity index is 559. The minimum atomic E-state index is -0.475. The topological polar surface area (TPSA) is 44.1 Å². The Hall–Kier alpha value is -1.54. The van der Waals surface area contributed by atoms with Gasteiger partial charge in [0.25, 0.3) is 5.91 Å². The number of halogens is 1. The number of piperidine rings is 1. The lowest BCUT2D eigenvalue weighted by Crippen LogP contribution is -2.44. The molecule has 1 amide bonds. The van der Waals surface area contributed by atoms with Crippen LogP contribution in [0.15, 0.2) is 18.2 Å². The lowest BCUT2D eigenvalue weighted by molar-refractivity contribution is 0.0712. The van der Waals surface area contributed by atoms with Crippen molar-refractivity contribution in [3.63, 3.8) is 0 Å². The number of nitrogens with zero attached hydrogens (tertiary/aromatic N) is 2. The molecule has 1 fully saturated rings. The largest absolute Gasteiger partial charge is 0.338 e. The molecule has 2 rings (SSSR count). The first-order valence-corrected chi connectivity index (χ1v) is 7.76. The number of aryl methyl sites for hydroxylation is 1. The van der Waals surface area contributed by atoms with Crippen LogP contribution in [0.4, 0.5) is 4.39 Å². The molecule has 1 aliphatic heterocycles. The fourth-order valence-electron chi connectivity index (χ4n) is 2.40. The van der Waals surface area contributed by atoms with Gasteiger partial charge in [0, 0.05) is 13.1 Å². The third kappa shape index (κ3) is 2.80. The summed E-state index contributed by atoms with van der Waals surface area (Å²) in [5.41, 5.74) is 0.910. The summed E-state index contributed by atoms with van der Waals surface area (Å²) in [5.74, 6) is -0.757. The van der Waals surface area contributed by atoms with Gasteiger partial charge in [-0.05, 0) is 43.7 Å². The van der Waals surface area contributed by atoms with Gasteiger partial charge in [0.15, 0.2) is 0 Å². The van der Waals surface area contributed by atoms with Gasteiger partial charge in [-0.1, -0.05) is 6.07 Å². The van der Waals surface area contributed by atoms with Gasteiger partial charge in [-0.2, -0.15) is 5.26 Å². The molecule has 0 spiro atoms. The van der Waals surface area contributed by atoms with Crippen molar-refractivity contribution in [3.8, 4) is 6.07 Å². The molecule has 0 aromatic heterocycles. The molecule has 0 aliphatic carbocycles. The molecule has 5 heteroatoms. The molecule has 20 heavy (non-hydrogen) atoms. The van der Waals surface area contributed by atoms with Crippen LogP contribution in [-0.2, 0) is 0 Å². The van der Waals surface area contributed by atoms with E-state index in [0.29, 0.717) is 25.9 Å². The fraction of sp³-hybridized carbons (Fsp3) is 0.467. The highest BCUT2D eigenvalue weighted by atomic mass is 32.2. The van der Waals surface area contributed by atoms with Gasteiger partial charge in [0.2, 0.25) is 0 Å². The molecule has 1 aliphatic rings. The summed E-state index contributed by atoms with van der Waals surface area (Å²) in [5, 5.41) is 9.22. The van der Waals surface area contributed by atoms with Crippen LogP contribution in [0.2, 0.25) is 0 Å². The number of hydrogen-bond donors (Lipinski definition) is 0. The Kier molecular flexibility index (Phi) is 4.34. The van der Waals surface area contributed by atoms with Crippen molar-refractivity contribution in [2.45, 2.75) is 24.5 Å². The molecule has 0 radical (unpaired) electrons. The lowest BCUT2D eigenvalue weighted by Gasteiger charge is -2.36. The second-order valence-electron chi connectivity index (χ2n) is 5.09. The Morgan fingerprint density at radius 3 is 2.60 bits per heavy atom. The number of benzene rings is 1. The van der Waals surface area contributed by atoms with Crippen LogP contribution in [0, 0.1) is 24.1 Å². The molecule has 3 nitrogen and oxygen atoms in total. The number of carbonyl (C=O) groups is 1. The molecule has 1 heterocycles. The summed E-state index contributed by atoms with van der Waals surface area (Å²) in [6.07, 6.45) is 3.17. The summed E-state index contributed by atoms with van der Waals surface area (Å²) in [6, 6.07) is 6.98. The van der Waals surface area contributed by atoms with Crippen molar-refractivity contribution in [2.75, 3.05) is 19.3 Å². The number of carbonyl (C=O) groups excluding carboxylic acids is 1. The number of hydrogen-bond acceptors (Lipinski definition) is 3. The second-order valence-corrected chi connectivity index (χ2v) is 6.28. The Labute approximate surface area is 122 Å². The lowest BCUT2D eigenvalue weighted by atomic mass is 9.96. The third-order valence-electron chi connectivity index (χ3n) is 3.81. The van der Waals surface area contributed by atoms with Gasteiger partial charge in [0.05, 0.1) is 11.6 Å². The molecule has 1 saturated heterocycles. The van der Waals surface area contributed by atoms with Gasteiger partial charge < -0.3 is 4.90 Å². The fourth-order valence-corrected chi connectivity index (χ4v) is 3.08. The second kappa shape index (κ2) is 5.84. The summed E-state index contributed by atoms with van der Waals surface area (Å²) < 4.78 is 13.4. The van der Waals surface area contributed by atoms with Gasteiger partial charge in [0.1, 0.15) is 10.6 Å². The summed E-state index contributed by atoms with van der Waals surface area (Å²) >= 11 is 1.53. The highest BCUT2D eigenvalue weighted by molar-refractivity contribution is 8.00. The van der Waals surface area contributed by atoms with Crippen molar-refractivity contribution in [1.29, 1.82) is 5.26 Å². The van der Waals surface area contributed by atoms with E-state index in [-0.39, 0.29) is 11.5 Å². The molecule has 0 N–H and O–H groups in total. The molecular formula is C15H17FN2OS. The third-order valence-corrected chi connectivity index (χ3v) is 5.09. The van der Waals surface area contributed by atoms with Crippen LogP contribution < -0.4 is 0 Å². The monoisotopic (exact) mass is 292 g/mol. The average molecular weight is 292 g/mol. The predicted molar refractivity (Wildman–Crippen MR) is 78.1 cm³/mol. The number of rotatable bonds is 2. The predicted octanol–water partition coefficient (Wildman–Crippen LogP) is 3.00. The summed E-state index contributed by atoms with van der Waals surface area (Å²) in [6.45, 7) is 2.79. The molecule has 1 aromatic carbocycles. The first-order chi connectivity index (χ1) is 9.51. The maximum absolute atomic E-state index is 13.8. The summed E-state index contributed by atoms with van der Waals surface area (Å²) in [7, 11) is 0. The molecule has 0 saturated carbocycles. The van der Waals surface area contributed by atoms with Crippen LogP contribution >= 0.6 is 11.8 Å². The molecular weight excluding hydrogens is 275 g/mol. The highest BCUT2D eigenvalue weighted by Crippen LogP contribution is 2.34. The first kappa shape index (κ1) is 14.9. The van der Waals surface area contributed by atoms with E-state index in [4.69, 9.17) is 0 Å². The van der Waals surface area contributed by atoms with Crippen LogP contribution in [0.3, 0.4) is 0 Å². The minimum Gasteiger partial charge on any atom is -0.338 e. The number of likely N-dealkylation sites (tertiary alicyclic amines) is 1. The van der Waals surface area contributed by atoms with E-state index in [9.17, 15) is 14.4 Å². The first-order valence-electron chi connectivity index (χ1n) is 6.53. The average Bonchev–Trinajstić information content (AvgIpc) is 2.47. The van der Waals surface area contributed by atoms with Gasteiger partial charge in [-0.3, -0.25) is 4.79 Å². The van der Waals surface area contributed by atoms with E-state index in [1.807, 2.05) is 6.26 Å². The maximum Gasteiger partial charge on any atom is 0.256 e. The van der Waals surface area contributed by atoms with E-state index < -0.39 is 10.6 Å². The van der Waals surface area contributed by atoms with Gasteiger partial charge >= 0.3 is 0 Å². The molecule has 0 bridgehead atoms. The van der Waals surface area contributed by atoms with E-state index in [1.54, 1.807) is 17.9 Å². The number of nitriles is 1. The molecule has 106 valence electrons. The van der Waals surface area contributed by atoms with Gasteiger partial charge in [-0.15, -0.1) is 11.8 Å². The van der Waals surface area contributed by atoms with Crippen LogP contribution in [-0.4, -0.2) is 34.9 Å². The van der Waals surface area contributed by atoms with E-state index in [1.165, 1.54) is 23.9 Å². The molecule has 1 aromatic rings. The van der Waals surface area contributed by atoms with Crippen molar-refractivity contribution in [3.05, 3.63) is 35.1 Å². The van der Waals surface area contributed by atoms with Crippen LogP contribution in [0.1, 0.15) is 28.8 Å². The number of thioether (sulfide) groups is 1. The zero-order chi connectivity index (χ0) is 14.8. The Morgan fingerprint density at radius 2 is 2.10 bits per heavy atom. The maximum atomic E-state index is 13.8. The zero-order valence-electron chi connectivity index (χ0n) is 11.6. The van der Waals surface area contributed by atoms with E-state index in [0.717, 1.165) is 5.56 Å². The summed E-state index contributed by atoms with van der Waals surface area (Å²) in [4.78, 5) is 14.0. The van der Waals surface area contributed by atoms with E-state index >= 15 is 0 Å². The highest BCUT2D eigenvalue weighted by Gasteiger charge is 2.35. The van der Waals surface area contributed by atoms with Crippen LogP contribution in [0.25, 0.3) is 0 Å². The van der Waals surface area contributed by atoms with Crippen molar-refractivity contribution in [1.82, 2.24) is 4.90 Å². The van der Waals surface area contributed by atoms with Crippen molar-refractivity contribution in [2.24, 2.45) is 0 Å². The molecule has 0 atom stereocenters. The number of amides is 1. The zero-order valence-corrected chi connectivity index (χ0v) is 12.5. The van der Waals surface area contributed by atoms with Crippen LogP contribution in [0.5, 0.6) is 0 Å². The SMILES string of the molecule is CSC1(C#N)CCN(C(=O)c2ccc(C)cc2F)CC1. The van der Waals surface area contributed by atoms with E-state index in [2.05, 4.69) is 6.07 Å². The van der Waals surface area contributed by atoms with Gasteiger partial charge in [-0.25, -0.2) is 4.39 Å². The Morgan fingerprint density at radius 1 is 1.45 bits per heavy atom. The van der Waals surface area contributed by atoms with Crippen molar-refractivity contribution >= 4 is 17.7 Å². The van der Waals surface area contributed by atoms with Crippen molar-refractivity contribution < 1.29 is 9.18 Å².